The van der Waals surface area contributed by atoms with E-state index >= 15 is 0 Å². The van der Waals surface area contributed by atoms with E-state index in [2.05, 4.69) is 13.8 Å². The van der Waals surface area contributed by atoms with Crippen molar-refractivity contribution in [3.63, 3.8) is 0 Å². The smallest absolute Gasteiger partial charge is 0.410 e. The van der Waals surface area contributed by atoms with Gasteiger partial charge in [-0.15, -0.1) is 0 Å². The van der Waals surface area contributed by atoms with E-state index in [9.17, 15) is 14.4 Å². The summed E-state index contributed by atoms with van der Waals surface area (Å²) in [5, 5.41) is 5.97. The molecule has 10 heteroatoms. The molecule has 0 spiro atoms. The lowest BCUT2D eigenvalue weighted by Gasteiger charge is -2.33. The van der Waals surface area contributed by atoms with Crippen molar-refractivity contribution in [2.75, 3.05) is 18.0 Å². The van der Waals surface area contributed by atoms with Crippen molar-refractivity contribution in [2.24, 2.45) is 5.92 Å². The lowest BCUT2D eigenvalue weighted by atomic mass is 9.91. The first-order valence-corrected chi connectivity index (χ1v) is 15.9. The van der Waals surface area contributed by atoms with E-state index in [1.54, 1.807) is 14.5 Å². The van der Waals surface area contributed by atoms with E-state index in [4.69, 9.17) is 33.0 Å². The van der Waals surface area contributed by atoms with E-state index in [1.807, 2.05) is 71.0 Å². The van der Waals surface area contributed by atoms with Crippen molar-refractivity contribution in [3.05, 3.63) is 80.1 Å². The average molecular weight is 640 g/mol. The van der Waals surface area contributed by atoms with Crippen LogP contribution in [0.25, 0.3) is 0 Å². The van der Waals surface area contributed by atoms with E-state index in [1.165, 1.54) is 0 Å². The predicted octanol–water partition coefficient (Wildman–Crippen LogP) is 7.90. The standard InChI is InChI=1S/C34H40Cl2N4O4/c1-19(2)30-28-29(37-39(30)18-27(41)22-12-14-38(15-13-22)33(43)44-34(5,6)7)32(42)40(26-17-24(36)9-8-20(26)3)31(28)25-11-10-23(35)16-21(25)4/h8-11,16-17,19,22,31H,12-15,18H2,1-7H3. The summed E-state index contributed by atoms with van der Waals surface area (Å²) in [5.41, 5.74) is 4.95. The largest absolute Gasteiger partial charge is 0.444 e. The summed E-state index contributed by atoms with van der Waals surface area (Å²) in [6.07, 6.45) is 0.767. The number of carbonyl (C=O) groups excluding carboxylic acids is 3. The molecule has 0 bridgehead atoms. The molecular formula is C34H40Cl2N4O4. The van der Waals surface area contributed by atoms with Crippen LogP contribution >= 0.6 is 23.2 Å². The molecule has 44 heavy (non-hydrogen) atoms. The number of amides is 2. The Morgan fingerprint density at radius 2 is 1.64 bits per heavy atom. The second-order valence-electron chi connectivity index (χ2n) is 13.2. The third kappa shape index (κ3) is 6.24. The predicted molar refractivity (Wildman–Crippen MR) is 173 cm³/mol. The van der Waals surface area contributed by atoms with Crippen LogP contribution < -0.4 is 4.90 Å². The number of hydrogen-bond acceptors (Lipinski definition) is 5. The van der Waals surface area contributed by atoms with Crippen molar-refractivity contribution >= 4 is 46.7 Å². The Kier molecular flexibility index (Phi) is 8.89. The lowest BCUT2D eigenvalue weighted by Crippen LogP contribution is -2.43. The van der Waals surface area contributed by atoms with E-state index < -0.39 is 11.6 Å². The van der Waals surface area contributed by atoms with Crippen LogP contribution in [0.3, 0.4) is 0 Å². The van der Waals surface area contributed by atoms with Gasteiger partial charge < -0.3 is 9.64 Å². The van der Waals surface area contributed by atoms with Gasteiger partial charge in [-0.2, -0.15) is 5.10 Å². The molecule has 2 aromatic carbocycles. The fraction of sp³-hybridized carbons (Fsp3) is 0.471. The molecular weight excluding hydrogens is 599 g/mol. The van der Waals surface area contributed by atoms with Gasteiger partial charge in [0.1, 0.15) is 12.1 Å². The van der Waals surface area contributed by atoms with Crippen LogP contribution in [0.2, 0.25) is 10.0 Å². The van der Waals surface area contributed by atoms with Gasteiger partial charge in [0, 0.05) is 46.0 Å². The summed E-state index contributed by atoms with van der Waals surface area (Å²) in [4.78, 5) is 43.9. The number of ether oxygens (including phenoxy) is 1. The third-order valence-corrected chi connectivity index (χ3v) is 8.86. The summed E-state index contributed by atoms with van der Waals surface area (Å²) in [7, 11) is 0. The van der Waals surface area contributed by atoms with Gasteiger partial charge in [-0.05, 0) is 94.3 Å². The number of rotatable bonds is 6. The number of anilines is 1. The van der Waals surface area contributed by atoms with Gasteiger partial charge >= 0.3 is 6.09 Å². The van der Waals surface area contributed by atoms with Gasteiger partial charge in [-0.3, -0.25) is 19.2 Å². The molecule has 8 nitrogen and oxygen atoms in total. The number of benzene rings is 2. The molecule has 3 aromatic rings. The maximum absolute atomic E-state index is 14.2. The zero-order chi connectivity index (χ0) is 32.1. The van der Waals surface area contributed by atoms with Crippen molar-refractivity contribution < 1.29 is 19.1 Å². The van der Waals surface area contributed by atoms with Gasteiger partial charge in [-0.1, -0.05) is 49.2 Å². The highest BCUT2D eigenvalue weighted by Gasteiger charge is 2.46. The Balaban J connectivity index is 1.49. The molecule has 3 heterocycles. The number of ketones is 1. The molecule has 5 rings (SSSR count). The lowest BCUT2D eigenvalue weighted by molar-refractivity contribution is -0.125. The number of hydrogen-bond donors (Lipinski definition) is 0. The maximum Gasteiger partial charge on any atom is 0.410 e. The molecule has 2 aliphatic heterocycles. The minimum atomic E-state index is -0.571. The molecule has 2 aliphatic rings. The fourth-order valence-electron chi connectivity index (χ4n) is 6.32. The Morgan fingerprint density at radius 1 is 1.00 bits per heavy atom. The fourth-order valence-corrected chi connectivity index (χ4v) is 6.72. The highest BCUT2D eigenvalue weighted by molar-refractivity contribution is 6.31. The SMILES string of the molecule is Cc1cc(Cl)ccc1C1c2c(nn(CC(=O)C3CCN(C(=O)OC(C)(C)C)CC3)c2C(C)C)C(=O)N1c1cc(Cl)ccc1C. The Morgan fingerprint density at radius 3 is 2.25 bits per heavy atom. The molecule has 1 unspecified atom stereocenters. The minimum Gasteiger partial charge on any atom is -0.444 e. The van der Waals surface area contributed by atoms with Crippen molar-refractivity contribution in [1.29, 1.82) is 0 Å². The highest BCUT2D eigenvalue weighted by atomic mass is 35.5. The molecule has 0 radical (unpaired) electrons. The third-order valence-electron chi connectivity index (χ3n) is 8.39. The number of halogens is 2. The molecule has 1 aromatic heterocycles. The molecule has 0 N–H and O–H groups in total. The van der Waals surface area contributed by atoms with Gasteiger partial charge in [0.2, 0.25) is 0 Å². The molecule has 1 atom stereocenters. The maximum atomic E-state index is 14.2. The number of Topliss-reactive ketones (excluding diaryl/α,β-unsaturated/α-hetero) is 1. The molecule has 1 saturated heterocycles. The average Bonchev–Trinajstić information content (AvgIpc) is 3.43. The van der Waals surface area contributed by atoms with Crippen LogP contribution in [-0.4, -0.2) is 51.2 Å². The van der Waals surface area contributed by atoms with Crippen LogP contribution in [-0.2, 0) is 16.1 Å². The quantitative estimate of drug-likeness (QED) is 0.274. The monoisotopic (exact) mass is 638 g/mol. The number of likely N-dealkylation sites (tertiary alicyclic amines) is 1. The van der Waals surface area contributed by atoms with E-state index in [-0.39, 0.29) is 36.2 Å². The Hall–Kier alpha value is -3.36. The number of carbonyl (C=O) groups is 3. The van der Waals surface area contributed by atoms with Gasteiger partial charge in [0.15, 0.2) is 11.5 Å². The normalized spacial score (nSPS) is 17.4. The van der Waals surface area contributed by atoms with Crippen molar-refractivity contribution in [3.8, 4) is 0 Å². The molecule has 0 aliphatic carbocycles. The first kappa shape index (κ1) is 32.0. The zero-order valence-corrected chi connectivity index (χ0v) is 27.9. The highest BCUT2D eigenvalue weighted by Crippen LogP contribution is 2.47. The first-order valence-electron chi connectivity index (χ1n) is 15.1. The van der Waals surface area contributed by atoms with Crippen LogP contribution in [0.1, 0.15) is 97.9 Å². The van der Waals surface area contributed by atoms with Crippen LogP contribution in [0.5, 0.6) is 0 Å². The van der Waals surface area contributed by atoms with Crippen LogP contribution in [0.4, 0.5) is 10.5 Å². The number of fused-ring (bicyclic) bond motifs is 1. The summed E-state index contributed by atoms with van der Waals surface area (Å²) >= 11 is 12.8. The summed E-state index contributed by atoms with van der Waals surface area (Å²) in [5.74, 6) is -0.408. The second-order valence-corrected chi connectivity index (χ2v) is 14.1. The summed E-state index contributed by atoms with van der Waals surface area (Å²) < 4.78 is 7.24. The van der Waals surface area contributed by atoms with E-state index in [0.717, 1.165) is 27.9 Å². The second kappa shape index (κ2) is 12.2. The number of aryl methyl sites for hydroxylation is 2. The first-order chi connectivity index (χ1) is 20.7. The molecule has 2 amide bonds. The molecule has 1 fully saturated rings. The van der Waals surface area contributed by atoms with E-state index in [0.29, 0.717) is 47.4 Å². The van der Waals surface area contributed by atoms with Crippen molar-refractivity contribution in [1.82, 2.24) is 14.7 Å². The minimum absolute atomic E-state index is 0.0172. The molecule has 234 valence electrons. The summed E-state index contributed by atoms with van der Waals surface area (Å²) in [6, 6.07) is 10.8. The summed E-state index contributed by atoms with van der Waals surface area (Å²) in [6.45, 7) is 14.6. The van der Waals surface area contributed by atoms with Crippen LogP contribution in [0, 0.1) is 19.8 Å². The van der Waals surface area contributed by atoms with Crippen molar-refractivity contribution in [2.45, 2.75) is 85.4 Å². The number of piperidine rings is 1. The van der Waals surface area contributed by atoms with Crippen LogP contribution in [0.15, 0.2) is 36.4 Å². The molecule has 0 saturated carbocycles. The Labute approximate surface area is 269 Å². The topological polar surface area (TPSA) is 84.7 Å². The number of nitrogens with zero attached hydrogens (tertiary/aromatic N) is 4. The Bertz CT molecular complexity index is 1620. The van der Waals surface area contributed by atoms with Gasteiger partial charge in [0.25, 0.3) is 5.91 Å². The van der Waals surface area contributed by atoms with Gasteiger partial charge in [0.05, 0.1) is 6.04 Å². The van der Waals surface area contributed by atoms with Gasteiger partial charge in [-0.25, -0.2) is 4.79 Å². The zero-order valence-electron chi connectivity index (χ0n) is 26.4. The number of aromatic nitrogens is 2.